The van der Waals surface area contributed by atoms with Crippen molar-refractivity contribution in [2.75, 3.05) is 26.3 Å². The summed E-state index contributed by atoms with van der Waals surface area (Å²) in [6.45, 7) is 1.82. The van der Waals surface area contributed by atoms with E-state index in [2.05, 4.69) is 20.1 Å². The average Bonchev–Trinajstić information content (AvgIpc) is 2.61. The SMILES string of the molecule is [N-]=[N+]=NCC1(CN=[N+]=[N-])CCOC1. The first-order chi connectivity index (χ1) is 6.33. The Labute approximate surface area is 74.9 Å². The summed E-state index contributed by atoms with van der Waals surface area (Å²) in [5.74, 6) is 0. The maximum absolute atomic E-state index is 8.18. The number of rotatable bonds is 4. The van der Waals surface area contributed by atoms with E-state index in [0.717, 1.165) is 6.42 Å². The van der Waals surface area contributed by atoms with E-state index in [1.54, 1.807) is 0 Å². The van der Waals surface area contributed by atoms with Crippen LogP contribution in [0.25, 0.3) is 20.9 Å². The minimum atomic E-state index is -0.265. The highest BCUT2D eigenvalue weighted by Crippen LogP contribution is 2.29. The monoisotopic (exact) mass is 182 g/mol. The lowest BCUT2D eigenvalue weighted by molar-refractivity contribution is 0.158. The van der Waals surface area contributed by atoms with E-state index >= 15 is 0 Å². The minimum absolute atomic E-state index is 0.265. The third-order valence-corrected chi connectivity index (χ3v) is 2.12. The van der Waals surface area contributed by atoms with Crippen molar-refractivity contribution in [3.63, 3.8) is 0 Å². The second-order valence-electron chi connectivity index (χ2n) is 3.08. The van der Waals surface area contributed by atoms with Gasteiger partial charge in [0.2, 0.25) is 0 Å². The van der Waals surface area contributed by atoms with Crippen molar-refractivity contribution in [3.8, 4) is 0 Å². The van der Waals surface area contributed by atoms with E-state index in [-0.39, 0.29) is 5.41 Å². The summed E-state index contributed by atoms with van der Waals surface area (Å²) in [5.41, 5.74) is 16.1. The van der Waals surface area contributed by atoms with Gasteiger partial charge in [-0.2, -0.15) is 0 Å². The predicted molar refractivity (Wildman–Crippen MR) is 45.9 cm³/mol. The molecule has 0 aromatic carbocycles. The largest absolute Gasteiger partial charge is 0.381 e. The maximum atomic E-state index is 8.18. The van der Waals surface area contributed by atoms with Gasteiger partial charge in [0.25, 0.3) is 0 Å². The Bertz CT molecular complexity index is 236. The van der Waals surface area contributed by atoms with Gasteiger partial charge >= 0.3 is 0 Å². The highest BCUT2D eigenvalue weighted by molar-refractivity contribution is 4.87. The van der Waals surface area contributed by atoms with Crippen molar-refractivity contribution in [2.45, 2.75) is 6.42 Å². The zero-order valence-corrected chi connectivity index (χ0v) is 7.13. The number of hydrogen-bond acceptors (Lipinski definition) is 3. The molecule has 0 bridgehead atoms. The van der Waals surface area contributed by atoms with Crippen molar-refractivity contribution in [1.29, 1.82) is 0 Å². The van der Waals surface area contributed by atoms with Crippen LogP contribution in [0.15, 0.2) is 10.2 Å². The van der Waals surface area contributed by atoms with E-state index in [1.807, 2.05) is 0 Å². The van der Waals surface area contributed by atoms with E-state index in [9.17, 15) is 0 Å². The number of azide groups is 2. The number of nitrogens with zero attached hydrogens (tertiary/aromatic N) is 6. The molecule has 0 saturated carbocycles. The molecule has 1 saturated heterocycles. The Morgan fingerprint density at radius 1 is 1.23 bits per heavy atom. The van der Waals surface area contributed by atoms with E-state index in [0.29, 0.717) is 26.3 Å². The van der Waals surface area contributed by atoms with Crippen molar-refractivity contribution in [3.05, 3.63) is 20.9 Å². The van der Waals surface area contributed by atoms with Crippen LogP contribution in [0.5, 0.6) is 0 Å². The molecule has 7 heteroatoms. The van der Waals surface area contributed by atoms with Gasteiger partial charge < -0.3 is 4.74 Å². The normalized spacial score (nSPS) is 26.2. The average molecular weight is 182 g/mol. The zero-order valence-electron chi connectivity index (χ0n) is 7.13. The Balaban J connectivity index is 2.61. The summed E-state index contributed by atoms with van der Waals surface area (Å²) in [4.78, 5) is 5.37. The summed E-state index contributed by atoms with van der Waals surface area (Å²) in [6, 6.07) is 0. The van der Waals surface area contributed by atoms with Gasteiger partial charge in [-0.3, -0.25) is 0 Å². The molecule has 0 amide bonds. The Hall–Kier alpha value is -1.42. The summed E-state index contributed by atoms with van der Waals surface area (Å²) in [7, 11) is 0. The van der Waals surface area contributed by atoms with E-state index in [1.165, 1.54) is 0 Å². The fraction of sp³-hybridized carbons (Fsp3) is 1.00. The molecule has 13 heavy (non-hydrogen) atoms. The molecule has 0 radical (unpaired) electrons. The van der Waals surface area contributed by atoms with Gasteiger partial charge in [-0.15, -0.1) is 0 Å². The molecule has 1 heterocycles. The molecule has 70 valence electrons. The number of hydrogen-bond donors (Lipinski definition) is 0. The van der Waals surface area contributed by atoms with Crippen LogP contribution in [-0.4, -0.2) is 26.3 Å². The molecule has 0 spiro atoms. The Morgan fingerprint density at radius 3 is 2.23 bits per heavy atom. The van der Waals surface area contributed by atoms with Gasteiger partial charge in [0, 0.05) is 34.9 Å². The maximum Gasteiger partial charge on any atom is 0.0525 e. The molecule has 1 fully saturated rings. The summed E-state index contributed by atoms with van der Waals surface area (Å²) in [6.07, 6.45) is 0.783. The number of ether oxygens (including phenoxy) is 1. The van der Waals surface area contributed by atoms with Crippen molar-refractivity contribution < 1.29 is 4.74 Å². The van der Waals surface area contributed by atoms with Crippen LogP contribution in [-0.2, 0) is 4.74 Å². The molecule has 0 aromatic rings. The zero-order chi connectivity index (χ0) is 9.57. The molecule has 0 unspecified atom stereocenters. The Morgan fingerprint density at radius 2 is 1.85 bits per heavy atom. The summed E-state index contributed by atoms with van der Waals surface area (Å²) < 4.78 is 5.19. The minimum Gasteiger partial charge on any atom is -0.381 e. The third-order valence-electron chi connectivity index (χ3n) is 2.12. The summed E-state index contributed by atoms with van der Waals surface area (Å²) >= 11 is 0. The topological polar surface area (TPSA) is 107 Å². The lowest BCUT2D eigenvalue weighted by atomic mass is 9.88. The van der Waals surface area contributed by atoms with Crippen molar-refractivity contribution >= 4 is 0 Å². The quantitative estimate of drug-likeness (QED) is 0.370. The first-order valence-electron chi connectivity index (χ1n) is 3.92. The fourth-order valence-corrected chi connectivity index (χ4v) is 1.31. The molecule has 1 rings (SSSR count). The molecule has 0 aliphatic carbocycles. The van der Waals surface area contributed by atoms with Crippen LogP contribution in [0.4, 0.5) is 0 Å². The lowest BCUT2D eigenvalue weighted by Gasteiger charge is -2.21. The Kier molecular flexibility index (Phi) is 3.40. The van der Waals surface area contributed by atoms with Gasteiger partial charge in [0.15, 0.2) is 0 Å². The lowest BCUT2D eigenvalue weighted by Crippen LogP contribution is -2.27. The highest BCUT2D eigenvalue weighted by atomic mass is 16.5. The van der Waals surface area contributed by atoms with Gasteiger partial charge in [0.05, 0.1) is 6.61 Å². The van der Waals surface area contributed by atoms with Crippen LogP contribution in [0.3, 0.4) is 0 Å². The molecular weight excluding hydrogens is 172 g/mol. The van der Waals surface area contributed by atoms with Crippen LogP contribution >= 0.6 is 0 Å². The molecular formula is C6H10N6O. The molecule has 0 aromatic heterocycles. The molecule has 1 aliphatic heterocycles. The van der Waals surface area contributed by atoms with E-state index < -0.39 is 0 Å². The first-order valence-corrected chi connectivity index (χ1v) is 3.92. The van der Waals surface area contributed by atoms with Gasteiger partial charge in [0.1, 0.15) is 0 Å². The second kappa shape index (κ2) is 4.57. The van der Waals surface area contributed by atoms with Gasteiger partial charge in [-0.05, 0) is 17.5 Å². The van der Waals surface area contributed by atoms with Crippen LogP contribution in [0.1, 0.15) is 6.42 Å². The van der Waals surface area contributed by atoms with Crippen LogP contribution in [0.2, 0.25) is 0 Å². The van der Waals surface area contributed by atoms with Crippen molar-refractivity contribution in [1.82, 2.24) is 0 Å². The fourth-order valence-electron chi connectivity index (χ4n) is 1.31. The molecule has 7 nitrogen and oxygen atoms in total. The van der Waals surface area contributed by atoms with Crippen LogP contribution < -0.4 is 0 Å². The van der Waals surface area contributed by atoms with Crippen molar-refractivity contribution in [2.24, 2.45) is 15.6 Å². The smallest absolute Gasteiger partial charge is 0.0525 e. The molecule has 0 N–H and O–H groups in total. The molecule has 1 aliphatic rings. The van der Waals surface area contributed by atoms with E-state index in [4.69, 9.17) is 15.8 Å². The highest BCUT2D eigenvalue weighted by Gasteiger charge is 2.33. The predicted octanol–water partition coefficient (Wildman–Crippen LogP) is 2.01. The summed E-state index contributed by atoms with van der Waals surface area (Å²) in [5, 5.41) is 6.99. The first kappa shape index (κ1) is 9.67. The molecule has 0 atom stereocenters. The third kappa shape index (κ3) is 2.52. The second-order valence-corrected chi connectivity index (χ2v) is 3.08. The van der Waals surface area contributed by atoms with Gasteiger partial charge in [-0.1, -0.05) is 10.2 Å². The standard InChI is InChI=1S/C6H10N6O/c7-11-9-3-6(4-10-12-8)1-2-13-5-6/h1-5H2. The van der Waals surface area contributed by atoms with Gasteiger partial charge in [-0.25, -0.2) is 0 Å². The van der Waals surface area contributed by atoms with Crippen LogP contribution in [0, 0.1) is 5.41 Å².